The van der Waals surface area contributed by atoms with Gasteiger partial charge in [0.1, 0.15) is 17.8 Å². The standard InChI is InChI=1S/C17H14F2N4O4S/c18-16(19)27-12-5-3-11(4-6-12)15(25)21-14(24)9-28-17-22-20-10-23(17)8-13-2-1-7-26-13/h1-7,10,16H,8-9H2,(H,21,24,25). The molecule has 0 saturated carbocycles. The molecule has 2 aromatic heterocycles. The number of hydrogen-bond donors (Lipinski definition) is 1. The number of nitrogens with one attached hydrogen (secondary N) is 1. The first kappa shape index (κ1) is 19.5. The van der Waals surface area contributed by atoms with Crippen molar-refractivity contribution in [3.05, 3.63) is 60.3 Å². The van der Waals surface area contributed by atoms with Crippen LogP contribution in [-0.2, 0) is 11.3 Å². The molecule has 0 aliphatic rings. The van der Waals surface area contributed by atoms with Gasteiger partial charge >= 0.3 is 6.61 Å². The lowest BCUT2D eigenvalue weighted by atomic mass is 10.2. The maximum Gasteiger partial charge on any atom is 0.387 e. The molecule has 0 atom stereocenters. The second kappa shape index (κ2) is 9.13. The second-order valence-corrected chi connectivity index (χ2v) is 6.33. The molecule has 2 amide bonds. The van der Waals surface area contributed by atoms with Crippen molar-refractivity contribution in [2.45, 2.75) is 18.3 Å². The molecule has 3 rings (SSSR count). The van der Waals surface area contributed by atoms with E-state index in [4.69, 9.17) is 4.42 Å². The van der Waals surface area contributed by atoms with Crippen LogP contribution in [0.15, 0.2) is 58.6 Å². The molecule has 0 unspecified atom stereocenters. The summed E-state index contributed by atoms with van der Waals surface area (Å²) in [7, 11) is 0. The van der Waals surface area contributed by atoms with Crippen molar-refractivity contribution < 1.29 is 27.5 Å². The fourth-order valence-electron chi connectivity index (χ4n) is 2.19. The lowest BCUT2D eigenvalue weighted by Gasteiger charge is -2.07. The molecule has 0 fully saturated rings. The second-order valence-electron chi connectivity index (χ2n) is 5.39. The first-order valence-corrected chi connectivity index (χ1v) is 8.92. The normalized spacial score (nSPS) is 10.8. The Kier molecular flexibility index (Phi) is 6.37. The van der Waals surface area contributed by atoms with Gasteiger partial charge in [0, 0.05) is 5.56 Å². The van der Waals surface area contributed by atoms with Crippen LogP contribution in [0.4, 0.5) is 8.78 Å². The maximum absolute atomic E-state index is 12.1. The first-order valence-electron chi connectivity index (χ1n) is 7.93. The van der Waals surface area contributed by atoms with E-state index in [1.807, 2.05) is 0 Å². The van der Waals surface area contributed by atoms with E-state index in [9.17, 15) is 18.4 Å². The molecule has 146 valence electrons. The highest BCUT2D eigenvalue weighted by molar-refractivity contribution is 7.99. The van der Waals surface area contributed by atoms with E-state index in [2.05, 4.69) is 20.3 Å². The van der Waals surface area contributed by atoms with Gasteiger partial charge in [0.2, 0.25) is 5.91 Å². The van der Waals surface area contributed by atoms with Gasteiger partial charge < -0.3 is 13.7 Å². The van der Waals surface area contributed by atoms with Gasteiger partial charge in [-0.25, -0.2) is 0 Å². The van der Waals surface area contributed by atoms with Crippen LogP contribution in [0.25, 0.3) is 0 Å². The van der Waals surface area contributed by atoms with Crippen molar-refractivity contribution in [2.24, 2.45) is 0 Å². The number of aromatic nitrogens is 3. The van der Waals surface area contributed by atoms with Gasteiger partial charge in [-0.05, 0) is 36.4 Å². The van der Waals surface area contributed by atoms with E-state index >= 15 is 0 Å². The predicted octanol–water partition coefficient (Wildman–Crippen LogP) is 2.57. The van der Waals surface area contributed by atoms with Gasteiger partial charge in [-0.1, -0.05) is 11.8 Å². The molecule has 3 aromatic rings. The molecular weight excluding hydrogens is 394 g/mol. The number of hydrogen-bond acceptors (Lipinski definition) is 7. The SMILES string of the molecule is O=C(CSc1nncn1Cc1ccco1)NC(=O)c1ccc(OC(F)F)cc1. The highest BCUT2D eigenvalue weighted by Gasteiger charge is 2.14. The zero-order chi connectivity index (χ0) is 19.9. The van der Waals surface area contributed by atoms with Gasteiger partial charge in [0.25, 0.3) is 5.91 Å². The Balaban J connectivity index is 1.50. The van der Waals surface area contributed by atoms with Crippen molar-refractivity contribution >= 4 is 23.6 Å². The van der Waals surface area contributed by atoms with Crippen LogP contribution in [0.5, 0.6) is 5.75 Å². The Bertz CT molecular complexity index is 929. The predicted molar refractivity (Wildman–Crippen MR) is 94.1 cm³/mol. The fraction of sp³-hybridized carbons (Fsp3) is 0.176. The number of ether oxygens (including phenoxy) is 1. The zero-order valence-electron chi connectivity index (χ0n) is 14.2. The minimum absolute atomic E-state index is 0.0604. The largest absolute Gasteiger partial charge is 0.467 e. The van der Waals surface area contributed by atoms with E-state index < -0.39 is 18.4 Å². The molecule has 1 N–H and O–H groups in total. The highest BCUT2D eigenvalue weighted by atomic mass is 32.2. The summed E-state index contributed by atoms with van der Waals surface area (Å²) in [5, 5.41) is 10.5. The molecule has 28 heavy (non-hydrogen) atoms. The number of carbonyl (C=O) groups excluding carboxylic acids is 2. The van der Waals surface area contributed by atoms with Gasteiger partial charge in [-0.15, -0.1) is 10.2 Å². The molecule has 0 bridgehead atoms. The average Bonchev–Trinajstić information content (AvgIpc) is 3.32. The van der Waals surface area contributed by atoms with Crippen LogP contribution >= 0.6 is 11.8 Å². The molecule has 11 heteroatoms. The lowest BCUT2D eigenvalue weighted by Crippen LogP contribution is -2.31. The Morgan fingerprint density at radius 3 is 2.71 bits per heavy atom. The molecule has 2 heterocycles. The first-order chi connectivity index (χ1) is 13.5. The summed E-state index contributed by atoms with van der Waals surface area (Å²) >= 11 is 1.11. The number of nitrogens with zero attached hydrogens (tertiary/aromatic N) is 3. The Labute approximate surface area is 161 Å². The summed E-state index contributed by atoms with van der Waals surface area (Å²) in [6, 6.07) is 8.57. The number of halogens is 2. The van der Waals surface area contributed by atoms with Crippen LogP contribution in [0.3, 0.4) is 0 Å². The number of carbonyl (C=O) groups is 2. The van der Waals surface area contributed by atoms with Crippen molar-refractivity contribution in [3.63, 3.8) is 0 Å². The number of benzene rings is 1. The van der Waals surface area contributed by atoms with Crippen LogP contribution < -0.4 is 10.1 Å². The van der Waals surface area contributed by atoms with E-state index in [1.165, 1.54) is 30.6 Å². The number of imide groups is 1. The van der Waals surface area contributed by atoms with Crippen molar-refractivity contribution in [1.82, 2.24) is 20.1 Å². The van der Waals surface area contributed by atoms with Crippen LogP contribution in [0.2, 0.25) is 0 Å². The van der Waals surface area contributed by atoms with E-state index in [0.717, 1.165) is 11.8 Å². The molecule has 0 spiro atoms. The van der Waals surface area contributed by atoms with Crippen molar-refractivity contribution in [2.75, 3.05) is 5.75 Å². The van der Waals surface area contributed by atoms with Crippen LogP contribution in [0.1, 0.15) is 16.1 Å². The molecular formula is C17H14F2N4O4S. The summed E-state index contributed by atoms with van der Waals surface area (Å²) in [4.78, 5) is 24.1. The molecule has 0 radical (unpaired) electrons. The topological polar surface area (TPSA) is 99.3 Å². The van der Waals surface area contributed by atoms with Crippen LogP contribution in [-0.4, -0.2) is 38.9 Å². The molecule has 0 aliphatic heterocycles. The van der Waals surface area contributed by atoms with E-state index in [0.29, 0.717) is 17.5 Å². The fourth-order valence-corrected chi connectivity index (χ4v) is 2.90. The van der Waals surface area contributed by atoms with Crippen LogP contribution in [0, 0.1) is 0 Å². The molecule has 8 nitrogen and oxygen atoms in total. The van der Waals surface area contributed by atoms with Gasteiger partial charge in [0.15, 0.2) is 5.16 Å². The van der Waals surface area contributed by atoms with Crippen molar-refractivity contribution in [1.29, 1.82) is 0 Å². The smallest absolute Gasteiger partial charge is 0.387 e. The summed E-state index contributed by atoms with van der Waals surface area (Å²) in [6.45, 7) is -2.54. The summed E-state index contributed by atoms with van der Waals surface area (Å²) in [6.07, 6.45) is 3.06. The summed E-state index contributed by atoms with van der Waals surface area (Å²) in [5.74, 6) is -0.610. The minimum Gasteiger partial charge on any atom is -0.467 e. The third kappa shape index (κ3) is 5.39. The van der Waals surface area contributed by atoms with Crippen molar-refractivity contribution in [3.8, 4) is 5.75 Å². The third-order valence-corrected chi connectivity index (χ3v) is 4.39. The molecule has 0 saturated heterocycles. The highest BCUT2D eigenvalue weighted by Crippen LogP contribution is 2.17. The summed E-state index contributed by atoms with van der Waals surface area (Å²) in [5.41, 5.74) is 0.140. The third-order valence-electron chi connectivity index (χ3n) is 3.41. The van der Waals surface area contributed by atoms with Gasteiger partial charge in [-0.2, -0.15) is 8.78 Å². The van der Waals surface area contributed by atoms with E-state index in [1.54, 1.807) is 23.0 Å². The van der Waals surface area contributed by atoms with Gasteiger partial charge in [-0.3, -0.25) is 14.9 Å². The molecule has 0 aliphatic carbocycles. The number of rotatable bonds is 8. The zero-order valence-corrected chi connectivity index (χ0v) is 15.1. The molecule has 1 aromatic carbocycles. The Morgan fingerprint density at radius 2 is 2.04 bits per heavy atom. The van der Waals surface area contributed by atoms with Gasteiger partial charge in [0.05, 0.1) is 18.6 Å². The number of alkyl halides is 2. The lowest BCUT2D eigenvalue weighted by molar-refractivity contribution is -0.117. The summed E-state index contributed by atoms with van der Waals surface area (Å²) < 4.78 is 35.4. The maximum atomic E-state index is 12.1. The number of thioether (sulfide) groups is 1. The Hall–Kier alpha value is -3.21. The monoisotopic (exact) mass is 408 g/mol. The van der Waals surface area contributed by atoms with E-state index in [-0.39, 0.29) is 17.1 Å². The Morgan fingerprint density at radius 1 is 1.25 bits per heavy atom. The number of amides is 2. The average molecular weight is 408 g/mol. The minimum atomic E-state index is -2.95. The quantitative estimate of drug-likeness (QED) is 0.572. The number of furan rings is 1.